The smallest absolute Gasteiger partial charge is 0.338 e. The number of ether oxygens (including phenoxy) is 1. The van der Waals surface area contributed by atoms with Crippen LogP contribution in [0.4, 0.5) is 5.69 Å². The van der Waals surface area contributed by atoms with E-state index in [4.69, 9.17) is 4.74 Å². The van der Waals surface area contributed by atoms with Crippen LogP contribution < -0.4 is 9.62 Å². The van der Waals surface area contributed by atoms with Crippen molar-refractivity contribution in [1.82, 2.24) is 5.32 Å². The van der Waals surface area contributed by atoms with Crippen molar-refractivity contribution in [3.8, 4) is 0 Å². The Morgan fingerprint density at radius 2 is 1.68 bits per heavy atom. The Bertz CT molecular complexity index is 954. The lowest BCUT2D eigenvalue weighted by molar-refractivity contribution is -0.129. The van der Waals surface area contributed by atoms with Crippen LogP contribution in [0.3, 0.4) is 0 Å². The number of benzene rings is 2. The fraction of sp³-hybridized carbons (Fsp3) is 0.300. The van der Waals surface area contributed by atoms with E-state index in [9.17, 15) is 18.0 Å². The van der Waals surface area contributed by atoms with Crippen molar-refractivity contribution >= 4 is 27.6 Å². The van der Waals surface area contributed by atoms with Crippen LogP contribution in [0, 0.1) is 0 Å². The largest absolute Gasteiger partial charge is 0.449 e. The van der Waals surface area contributed by atoms with E-state index in [1.54, 1.807) is 30.3 Å². The molecule has 2 aromatic carbocycles. The van der Waals surface area contributed by atoms with Crippen LogP contribution in [-0.4, -0.2) is 39.5 Å². The first-order chi connectivity index (χ1) is 13.3. The van der Waals surface area contributed by atoms with E-state index >= 15 is 0 Å². The normalized spacial score (nSPS) is 14.8. The molecule has 1 amide bonds. The summed E-state index contributed by atoms with van der Waals surface area (Å²) in [5.41, 5.74) is 0.703. The quantitative estimate of drug-likeness (QED) is 0.718. The van der Waals surface area contributed by atoms with Gasteiger partial charge in [-0.05, 0) is 56.2 Å². The first-order valence-corrected chi connectivity index (χ1v) is 10.4. The van der Waals surface area contributed by atoms with Crippen molar-refractivity contribution in [2.45, 2.75) is 36.8 Å². The number of carbonyl (C=O) groups is 2. The van der Waals surface area contributed by atoms with Crippen LogP contribution in [0.1, 0.15) is 30.1 Å². The summed E-state index contributed by atoms with van der Waals surface area (Å²) in [6, 6.07) is 14.3. The molecule has 148 valence electrons. The second-order valence-corrected chi connectivity index (χ2v) is 8.63. The molecule has 0 spiro atoms. The fourth-order valence-electron chi connectivity index (χ4n) is 2.53. The average molecular weight is 402 g/mol. The van der Waals surface area contributed by atoms with Gasteiger partial charge in [-0.2, -0.15) is 0 Å². The first-order valence-electron chi connectivity index (χ1n) is 8.94. The standard InChI is InChI=1S/C20H22N2O5S/c1-14(19(23)21-16-10-11-16)27-20(24)15-8-12-18(13-9-15)28(25,26)22(2)17-6-4-3-5-7-17/h3-9,12-14,16H,10-11H2,1-2H3,(H,21,23)/t14-/m0/s1. The Morgan fingerprint density at radius 3 is 2.25 bits per heavy atom. The van der Waals surface area contributed by atoms with Crippen molar-refractivity contribution in [1.29, 1.82) is 0 Å². The minimum atomic E-state index is -3.76. The number of rotatable bonds is 7. The molecule has 1 saturated carbocycles. The van der Waals surface area contributed by atoms with Crippen molar-refractivity contribution in [3.63, 3.8) is 0 Å². The molecule has 0 radical (unpaired) electrons. The van der Waals surface area contributed by atoms with E-state index < -0.39 is 22.1 Å². The van der Waals surface area contributed by atoms with E-state index in [-0.39, 0.29) is 22.4 Å². The van der Waals surface area contributed by atoms with Gasteiger partial charge in [-0.1, -0.05) is 18.2 Å². The number of hydrogen-bond donors (Lipinski definition) is 1. The highest BCUT2D eigenvalue weighted by molar-refractivity contribution is 7.92. The summed E-state index contributed by atoms with van der Waals surface area (Å²) in [6.07, 6.45) is 0.972. The van der Waals surface area contributed by atoms with Gasteiger partial charge in [0.1, 0.15) is 0 Å². The zero-order valence-electron chi connectivity index (χ0n) is 15.7. The fourth-order valence-corrected chi connectivity index (χ4v) is 3.72. The average Bonchev–Trinajstić information content (AvgIpc) is 3.52. The number of para-hydroxylation sites is 1. The van der Waals surface area contributed by atoms with Crippen molar-refractivity contribution in [2.24, 2.45) is 0 Å². The topological polar surface area (TPSA) is 92.8 Å². The highest BCUT2D eigenvalue weighted by Crippen LogP contribution is 2.22. The van der Waals surface area contributed by atoms with Crippen LogP contribution >= 0.6 is 0 Å². The maximum Gasteiger partial charge on any atom is 0.338 e. The number of anilines is 1. The molecule has 1 fully saturated rings. The van der Waals surface area contributed by atoms with Gasteiger partial charge in [-0.15, -0.1) is 0 Å². The third-order valence-corrected chi connectivity index (χ3v) is 6.24. The van der Waals surface area contributed by atoms with Crippen molar-refractivity contribution in [2.75, 3.05) is 11.4 Å². The molecular formula is C20H22N2O5S. The number of hydrogen-bond acceptors (Lipinski definition) is 5. The summed E-state index contributed by atoms with van der Waals surface area (Å²) >= 11 is 0. The van der Waals surface area contributed by atoms with Gasteiger partial charge >= 0.3 is 5.97 Å². The zero-order valence-corrected chi connectivity index (χ0v) is 16.5. The molecule has 8 heteroatoms. The first kappa shape index (κ1) is 19.9. The summed E-state index contributed by atoms with van der Waals surface area (Å²) in [7, 11) is -2.30. The maximum atomic E-state index is 12.7. The van der Waals surface area contributed by atoms with Crippen molar-refractivity contribution in [3.05, 3.63) is 60.2 Å². The van der Waals surface area contributed by atoms with Crippen LogP contribution in [0.2, 0.25) is 0 Å². The molecule has 3 rings (SSSR count). The molecule has 2 aromatic rings. The molecule has 7 nitrogen and oxygen atoms in total. The Labute approximate surface area is 164 Å². The lowest BCUT2D eigenvalue weighted by Gasteiger charge is -2.19. The number of sulfonamides is 1. The second-order valence-electron chi connectivity index (χ2n) is 6.66. The second kappa shape index (κ2) is 8.02. The Kier molecular flexibility index (Phi) is 5.69. The van der Waals surface area contributed by atoms with E-state index in [0.29, 0.717) is 5.69 Å². The third kappa shape index (κ3) is 4.51. The molecule has 0 bridgehead atoms. The molecule has 1 aliphatic rings. The van der Waals surface area contributed by atoms with E-state index in [1.165, 1.54) is 42.5 Å². The number of amides is 1. The van der Waals surface area contributed by atoms with Gasteiger partial charge < -0.3 is 10.1 Å². The number of nitrogens with one attached hydrogen (secondary N) is 1. The molecule has 0 aliphatic heterocycles. The molecule has 0 aromatic heterocycles. The summed E-state index contributed by atoms with van der Waals surface area (Å²) in [4.78, 5) is 24.1. The SMILES string of the molecule is C[C@H](OC(=O)c1ccc(S(=O)(=O)N(C)c2ccccc2)cc1)C(=O)NC1CC1. The van der Waals surface area contributed by atoms with Gasteiger partial charge in [0, 0.05) is 13.1 Å². The van der Waals surface area contributed by atoms with E-state index in [2.05, 4.69) is 5.32 Å². The number of carbonyl (C=O) groups excluding carboxylic acids is 2. The minimum Gasteiger partial charge on any atom is -0.449 e. The van der Waals surface area contributed by atoms with Gasteiger partial charge in [0.15, 0.2) is 6.10 Å². The molecule has 1 N–H and O–H groups in total. The maximum absolute atomic E-state index is 12.7. The van der Waals surface area contributed by atoms with Gasteiger partial charge in [-0.25, -0.2) is 13.2 Å². The van der Waals surface area contributed by atoms with Crippen LogP contribution in [0.5, 0.6) is 0 Å². The van der Waals surface area contributed by atoms with Crippen LogP contribution in [0.15, 0.2) is 59.5 Å². The highest BCUT2D eigenvalue weighted by atomic mass is 32.2. The van der Waals surface area contributed by atoms with Gasteiger partial charge in [0.2, 0.25) is 0 Å². The molecule has 1 aliphatic carbocycles. The van der Waals surface area contributed by atoms with Gasteiger partial charge in [0.05, 0.1) is 16.1 Å². The summed E-state index contributed by atoms with van der Waals surface area (Å²) in [5.74, 6) is -1.02. The van der Waals surface area contributed by atoms with E-state index in [0.717, 1.165) is 12.8 Å². The molecule has 0 saturated heterocycles. The highest BCUT2D eigenvalue weighted by Gasteiger charge is 2.27. The Balaban J connectivity index is 1.68. The lowest BCUT2D eigenvalue weighted by atomic mass is 10.2. The molecule has 0 heterocycles. The lowest BCUT2D eigenvalue weighted by Crippen LogP contribution is -2.37. The Morgan fingerprint density at radius 1 is 1.07 bits per heavy atom. The number of esters is 1. The molecule has 0 unspecified atom stereocenters. The molecule has 28 heavy (non-hydrogen) atoms. The Hall–Kier alpha value is -2.87. The van der Waals surface area contributed by atoms with Gasteiger partial charge in [-0.3, -0.25) is 9.10 Å². The van der Waals surface area contributed by atoms with Crippen LogP contribution in [-0.2, 0) is 19.6 Å². The monoisotopic (exact) mass is 402 g/mol. The third-order valence-electron chi connectivity index (χ3n) is 4.44. The minimum absolute atomic E-state index is 0.0509. The molecular weight excluding hydrogens is 380 g/mol. The van der Waals surface area contributed by atoms with E-state index in [1.807, 2.05) is 0 Å². The predicted molar refractivity (Wildman–Crippen MR) is 105 cm³/mol. The zero-order chi connectivity index (χ0) is 20.3. The van der Waals surface area contributed by atoms with Crippen molar-refractivity contribution < 1.29 is 22.7 Å². The summed E-state index contributed by atoms with van der Waals surface area (Å²) in [5, 5.41) is 2.77. The van der Waals surface area contributed by atoms with Gasteiger partial charge in [0.25, 0.3) is 15.9 Å². The predicted octanol–water partition coefficient (Wildman–Crippen LogP) is 2.34. The summed E-state index contributed by atoms with van der Waals surface area (Å²) < 4.78 is 31.8. The number of nitrogens with zero attached hydrogens (tertiary/aromatic N) is 1. The summed E-state index contributed by atoms with van der Waals surface area (Å²) in [6.45, 7) is 1.50. The molecule has 1 atom stereocenters. The van der Waals surface area contributed by atoms with Crippen LogP contribution in [0.25, 0.3) is 0 Å².